The summed E-state index contributed by atoms with van der Waals surface area (Å²) in [5, 5.41) is 0. The van der Waals surface area contributed by atoms with Crippen LogP contribution in [-0.2, 0) is 9.53 Å². The summed E-state index contributed by atoms with van der Waals surface area (Å²) in [6.45, 7) is -0.273. The Bertz CT molecular complexity index is 824. The van der Waals surface area contributed by atoms with E-state index in [-0.39, 0.29) is 25.5 Å². The van der Waals surface area contributed by atoms with E-state index in [1.165, 1.54) is 0 Å². The minimum atomic E-state index is -1.71. The molecule has 2 aromatic carbocycles. The molecule has 26 heavy (non-hydrogen) atoms. The molecular formula is C20H17F2NO3. The summed E-state index contributed by atoms with van der Waals surface area (Å²) in [4.78, 5) is 24.2. The minimum absolute atomic E-state index is 0.0491. The van der Waals surface area contributed by atoms with E-state index in [2.05, 4.69) is 0 Å². The normalized spacial score (nSPS) is 21.4. The number of carbonyl (C=O) groups excluding carboxylic acids is 2. The van der Waals surface area contributed by atoms with E-state index in [0.717, 1.165) is 27.2 Å². The van der Waals surface area contributed by atoms with Gasteiger partial charge in [-0.1, -0.05) is 48.5 Å². The fraction of sp³-hybridized carbons (Fsp3) is 0.300. The van der Waals surface area contributed by atoms with Gasteiger partial charge in [-0.15, -0.1) is 0 Å². The summed E-state index contributed by atoms with van der Waals surface area (Å²) in [6, 6.07) is 12.6. The van der Waals surface area contributed by atoms with Crippen molar-refractivity contribution in [1.29, 1.82) is 0 Å². The summed E-state index contributed by atoms with van der Waals surface area (Å²) in [6.07, 6.45) is -2.59. The molecule has 6 heteroatoms. The highest BCUT2D eigenvalue weighted by atomic mass is 19.1. The van der Waals surface area contributed by atoms with Gasteiger partial charge in [-0.3, -0.25) is 9.69 Å². The van der Waals surface area contributed by atoms with Gasteiger partial charge in [-0.25, -0.2) is 9.18 Å². The van der Waals surface area contributed by atoms with Crippen LogP contribution in [0.5, 0.6) is 0 Å². The number of carbonyl (C=O) groups is 2. The van der Waals surface area contributed by atoms with Gasteiger partial charge in [0.2, 0.25) is 0 Å². The Morgan fingerprint density at radius 3 is 2.19 bits per heavy atom. The lowest BCUT2D eigenvalue weighted by molar-refractivity contribution is -0.133. The molecule has 0 bridgehead atoms. The van der Waals surface area contributed by atoms with Crippen LogP contribution in [0.15, 0.2) is 48.5 Å². The smallest absolute Gasteiger partial charge is 0.410 e. The second-order valence-electron chi connectivity index (χ2n) is 6.61. The van der Waals surface area contributed by atoms with Crippen molar-refractivity contribution in [2.45, 2.75) is 24.6 Å². The van der Waals surface area contributed by atoms with Gasteiger partial charge in [0.15, 0.2) is 0 Å². The first-order valence-electron chi connectivity index (χ1n) is 8.51. The van der Waals surface area contributed by atoms with Gasteiger partial charge in [0.1, 0.15) is 18.8 Å². The second-order valence-corrected chi connectivity index (χ2v) is 6.61. The van der Waals surface area contributed by atoms with Gasteiger partial charge >= 0.3 is 12.1 Å². The highest BCUT2D eigenvalue weighted by Gasteiger charge is 2.41. The van der Waals surface area contributed by atoms with Crippen LogP contribution >= 0.6 is 0 Å². The zero-order valence-electron chi connectivity index (χ0n) is 13.9. The highest BCUT2D eigenvalue weighted by molar-refractivity contribution is 5.82. The van der Waals surface area contributed by atoms with E-state index in [0.29, 0.717) is 0 Å². The number of benzene rings is 2. The van der Waals surface area contributed by atoms with Crippen molar-refractivity contribution in [2.75, 3.05) is 13.2 Å². The number of amides is 1. The molecule has 2 aromatic rings. The Balaban J connectivity index is 1.53. The fourth-order valence-corrected chi connectivity index (χ4v) is 3.88. The topological polar surface area (TPSA) is 46.6 Å². The van der Waals surface area contributed by atoms with Crippen LogP contribution in [0.25, 0.3) is 11.1 Å². The predicted octanol–water partition coefficient (Wildman–Crippen LogP) is 3.84. The maximum absolute atomic E-state index is 13.5. The number of rotatable bonds is 3. The molecule has 0 radical (unpaired) electrons. The average Bonchev–Trinajstić information content (AvgIpc) is 3.18. The standard InChI is InChI=1S/C20H17F2NO3/c21-12-9-18(19(22)24)23(10-12)20(25)26-11-17-15-7-3-1-5-13(15)14-6-2-4-8-16(14)17/h1-8,12,17-18H,9-11H2/t12-,18-/m1/s1. The number of halogens is 2. The quantitative estimate of drug-likeness (QED) is 0.784. The number of likely N-dealkylation sites (tertiary alicyclic amines) is 1. The van der Waals surface area contributed by atoms with Crippen LogP contribution in [0.2, 0.25) is 0 Å². The Labute approximate surface area is 149 Å². The summed E-state index contributed by atoms with van der Waals surface area (Å²) in [7, 11) is 0. The number of hydrogen-bond donors (Lipinski definition) is 0. The van der Waals surface area contributed by atoms with E-state index in [1.807, 2.05) is 48.5 Å². The summed E-state index contributed by atoms with van der Waals surface area (Å²) < 4.78 is 31.9. The predicted molar refractivity (Wildman–Crippen MR) is 91.2 cm³/mol. The first-order chi connectivity index (χ1) is 12.6. The molecular weight excluding hydrogens is 340 g/mol. The van der Waals surface area contributed by atoms with Crippen LogP contribution < -0.4 is 0 Å². The van der Waals surface area contributed by atoms with Gasteiger partial charge in [0, 0.05) is 12.3 Å². The van der Waals surface area contributed by atoms with E-state index < -0.39 is 24.3 Å². The van der Waals surface area contributed by atoms with Crippen molar-refractivity contribution in [2.24, 2.45) is 0 Å². The van der Waals surface area contributed by atoms with Crippen molar-refractivity contribution >= 4 is 12.1 Å². The minimum Gasteiger partial charge on any atom is -0.448 e. The molecule has 1 heterocycles. The third-order valence-electron chi connectivity index (χ3n) is 5.08. The molecule has 1 aliphatic carbocycles. The maximum atomic E-state index is 13.5. The Morgan fingerprint density at radius 1 is 1.04 bits per heavy atom. The number of alkyl halides is 1. The number of nitrogens with zero attached hydrogens (tertiary/aromatic N) is 1. The molecule has 0 N–H and O–H groups in total. The number of ether oxygens (including phenoxy) is 1. The van der Waals surface area contributed by atoms with Crippen LogP contribution in [0, 0.1) is 0 Å². The lowest BCUT2D eigenvalue weighted by atomic mass is 9.98. The summed E-state index contributed by atoms with van der Waals surface area (Å²) in [5.41, 5.74) is 4.27. The molecule has 1 fully saturated rings. The first-order valence-corrected chi connectivity index (χ1v) is 8.51. The zero-order valence-corrected chi connectivity index (χ0v) is 13.9. The first kappa shape index (κ1) is 16.7. The molecule has 134 valence electrons. The molecule has 1 amide bonds. The molecule has 4 nitrogen and oxygen atoms in total. The molecule has 0 aromatic heterocycles. The van der Waals surface area contributed by atoms with Gasteiger partial charge in [0.05, 0.1) is 6.54 Å². The Morgan fingerprint density at radius 2 is 1.62 bits per heavy atom. The lowest BCUT2D eigenvalue weighted by Crippen LogP contribution is -2.40. The van der Waals surface area contributed by atoms with Crippen molar-refractivity contribution in [3.8, 4) is 11.1 Å². The number of hydrogen-bond acceptors (Lipinski definition) is 3. The van der Waals surface area contributed by atoms with Crippen molar-refractivity contribution < 1.29 is 23.1 Å². The van der Waals surface area contributed by atoms with E-state index in [9.17, 15) is 18.4 Å². The average molecular weight is 357 g/mol. The Hall–Kier alpha value is -2.76. The third-order valence-corrected chi connectivity index (χ3v) is 5.08. The maximum Gasteiger partial charge on any atom is 0.410 e. The molecule has 0 unspecified atom stereocenters. The van der Waals surface area contributed by atoms with Crippen molar-refractivity contribution in [3.63, 3.8) is 0 Å². The van der Waals surface area contributed by atoms with Crippen LogP contribution in [-0.4, -0.2) is 42.4 Å². The molecule has 0 saturated carbocycles. The van der Waals surface area contributed by atoms with Gasteiger partial charge in [-0.2, -0.15) is 4.39 Å². The third kappa shape index (κ3) is 2.75. The van der Waals surface area contributed by atoms with Gasteiger partial charge in [-0.05, 0) is 22.3 Å². The molecule has 0 spiro atoms. The second kappa shape index (κ2) is 6.52. The molecule has 1 aliphatic heterocycles. The number of fused-ring (bicyclic) bond motifs is 3. The fourth-order valence-electron chi connectivity index (χ4n) is 3.88. The highest BCUT2D eigenvalue weighted by Crippen LogP contribution is 2.44. The molecule has 2 aliphatic rings. The van der Waals surface area contributed by atoms with E-state index in [4.69, 9.17) is 4.74 Å². The molecule has 2 atom stereocenters. The van der Waals surface area contributed by atoms with Crippen LogP contribution in [0.3, 0.4) is 0 Å². The SMILES string of the molecule is O=C(F)[C@H]1C[C@@H](F)CN1C(=O)OCC1c2ccccc2-c2ccccc21. The van der Waals surface area contributed by atoms with Crippen molar-refractivity contribution in [1.82, 2.24) is 4.90 Å². The summed E-state index contributed by atoms with van der Waals surface area (Å²) in [5.74, 6) is -0.144. The largest absolute Gasteiger partial charge is 0.448 e. The van der Waals surface area contributed by atoms with Crippen molar-refractivity contribution in [3.05, 3.63) is 59.7 Å². The molecule has 4 rings (SSSR count). The van der Waals surface area contributed by atoms with E-state index >= 15 is 0 Å². The molecule has 1 saturated heterocycles. The summed E-state index contributed by atoms with van der Waals surface area (Å²) >= 11 is 0. The lowest BCUT2D eigenvalue weighted by Gasteiger charge is -2.22. The van der Waals surface area contributed by atoms with E-state index in [1.54, 1.807) is 0 Å². The monoisotopic (exact) mass is 357 g/mol. The van der Waals surface area contributed by atoms with Gasteiger partial charge in [0.25, 0.3) is 0 Å². The zero-order chi connectivity index (χ0) is 18.3. The van der Waals surface area contributed by atoms with Crippen LogP contribution in [0.4, 0.5) is 13.6 Å². The van der Waals surface area contributed by atoms with Crippen LogP contribution in [0.1, 0.15) is 23.5 Å². The Kier molecular flexibility index (Phi) is 4.18. The van der Waals surface area contributed by atoms with Gasteiger partial charge < -0.3 is 4.74 Å².